The summed E-state index contributed by atoms with van der Waals surface area (Å²) in [7, 11) is -1.86. The van der Waals surface area contributed by atoms with Crippen molar-refractivity contribution < 1.29 is 18.7 Å². The Morgan fingerprint density at radius 2 is 1.91 bits per heavy atom. The maximum absolute atomic E-state index is 12.7. The van der Waals surface area contributed by atoms with Crippen molar-refractivity contribution in [2.45, 2.75) is 51.1 Å². The van der Waals surface area contributed by atoms with E-state index >= 15 is 0 Å². The van der Waals surface area contributed by atoms with Crippen molar-refractivity contribution in [3.8, 4) is 0 Å². The van der Waals surface area contributed by atoms with Crippen molar-refractivity contribution >= 4 is 14.1 Å². The van der Waals surface area contributed by atoms with Gasteiger partial charge in [-0.15, -0.1) is 0 Å². The smallest absolute Gasteiger partial charge is 0.192 e. The molecule has 3 aliphatic carbocycles. The lowest BCUT2D eigenvalue weighted by atomic mass is 9.65. The highest BCUT2D eigenvalue weighted by Gasteiger charge is 2.57. The van der Waals surface area contributed by atoms with Crippen molar-refractivity contribution in [3.63, 3.8) is 0 Å². The molecule has 4 nitrogen and oxygen atoms in total. The van der Waals surface area contributed by atoms with Crippen LogP contribution in [0.3, 0.4) is 0 Å². The second kappa shape index (κ2) is 5.26. The average Bonchev–Trinajstić information content (AvgIpc) is 2.86. The fraction of sp³-hybridized carbons (Fsp3) is 0.824. The van der Waals surface area contributed by atoms with E-state index in [0.29, 0.717) is 32.0 Å². The van der Waals surface area contributed by atoms with Gasteiger partial charge >= 0.3 is 0 Å². The third-order valence-electron chi connectivity index (χ3n) is 5.93. The van der Waals surface area contributed by atoms with Crippen LogP contribution in [0.2, 0.25) is 18.1 Å². The van der Waals surface area contributed by atoms with Gasteiger partial charge in [-0.25, -0.2) is 0 Å². The first kappa shape index (κ1) is 16.4. The summed E-state index contributed by atoms with van der Waals surface area (Å²) in [6.45, 7) is 12.9. The van der Waals surface area contributed by atoms with E-state index in [-0.39, 0.29) is 22.8 Å². The summed E-state index contributed by atoms with van der Waals surface area (Å²) in [5.41, 5.74) is 0. The second-order valence-electron chi connectivity index (χ2n) is 8.31. The minimum absolute atomic E-state index is 0.00253. The molecule has 124 valence electrons. The van der Waals surface area contributed by atoms with E-state index in [1.807, 2.05) is 6.08 Å². The van der Waals surface area contributed by atoms with Crippen LogP contribution in [0.15, 0.2) is 12.2 Å². The van der Waals surface area contributed by atoms with E-state index in [2.05, 4.69) is 39.9 Å². The number of carbonyl (C=O) groups excluding carboxylic acids is 1. The Labute approximate surface area is 134 Å². The van der Waals surface area contributed by atoms with Crippen molar-refractivity contribution in [2.24, 2.45) is 17.8 Å². The first-order valence-electron chi connectivity index (χ1n) is 8.30. The number of rotatable bonds is 3. The van der Waals surface area contributed by atoms with E-state index in [0.717, 1.165) is 0 Å². The Bertz CT molecular complexity index is 485. The Hall–Kier alpha value is -0.493. The molecule has 0 unspecified atom stereocenters. The molecule has 1 saturated heterocycles. The van der Waals surface area contributed by atoms with E-state index in [1.54, 1.807) is 0 Å². The summed E-state index contributed by atoms with van der Waals surface area (Å²) < 4.78 is 18.2. The third kappa shape index (κ3) is 2.52. The minimum atomic E-state index is -1.86. The predicted molar refractivity (Wildman–Crippen MR) is 87.0 cm³/mol. The van der Waals surface area contributed by atoms with E-state index < -0.39 is 14.1 Å². The van der Waals surface area contributed by atoms with Crippen LogP contribution in [0.4, 0.5) is 0 Å². The van der Waals surface area contributed by atoms with Gasteiger partial charge in [0.25, 0.3) is 0 Å². The minimum Gasteiger partial charge on any atom is -0.416 e. The van der Waals surface area contributed by atoms with Crippen LogP contribution in [0.25, 0.3) is 0 Å². The summed E-state index contributed by atoms with van der Waals surface area (Å²) >= 11 is 0. The molecule has 3 atom stereocenters. The molecule has 0 amide bonds. The van der Waals surface area contributed by atoms with Crippen molar-refractivity contribution in [2.75, 3.05) is 19.8 Å². The zero-order chi connectivity index (χ0) is 16.2. The molecule has 4 aliphatic rings. The van der Waals surface area contributed by atoms with Gasteiger partial charge in [0.2, 0.25) is 0 Å². The van der Waals surface area contributed by atoms with Gasteiger partial charge in [0.05, 0.1) is 19.1 Å². The number of carbonyl (C=O) groups is 1. The topological polar surface area (TPSA) is 44.8 Å². The standard InChI is InChI=1S/C17H28O4Si/c1-16(2,3)22(4,5)21-11-13-14-7-6-12(15(13)18)10-17(14)19-8-9-20-17/h6-7,12-14H,8-11H2,1-5H3/t12-,13+,14+/m0/s1. The molecule has 1 heterocycles. The van der Waals surface area contributed by atoms with Crippen LogP contribution in [0.5, 0.6) is 0 Å². The van der Waals surface area contributed by atoms with E-state index in [9.17, 15) is 4.79 Å². The van der Waals surface area contributed by atoms with Gasteiger partial charge in [0.15, 0.2) is 14.1 Å². The number of ether oxygens (including phenoxy) is 2. The van der Waals surface area contributed by atoms with Crippen LogP contribution < -0.4 is 0 Å². The molecule has 1 saturated carbocycles. The first-order valence-corrected chi connectivity index (χ1v) is 11.2. The summed E-state index contributed by atoms with van der Waals surface area (Å²) in [5, 5.41) is 0.150. The summed E-state index contributed by atoms with van der Waals surface area (Å²) in [6, 6.07) is 0. The SMILES string of the molecule is CC(C)(C)[Si](C)(C)OC[C@H]1C(=O)[C@H]2C=C[C@H]1C1(C2)OCCO1. The summed E-state index contributed by atoms with van der Waals surface area (Å²) in [5.74, 6) is -0.477. The van der Waals surface area contributed by atoms with Gasteiger partial charge in [0.1, 0.15) is 5.78 Å². The van der Waals surface area contributed by atoms with E-state index in [4.69, 9.17) is 13.9 Å². The molecular formula is C17H28O4Si. The predicted octanol–water partition coefficient (Wildman–Crippen LogP) is 3.14. The molecule has 0 aromatic carbocycles. The van der Waals surface area contributed by atoms with Crippen LogP contribution in [-0.2, 0) is 18.7 Å². The lowest BCUT2D eigenvalue weighted by molar-refractivity contribution is -0.223. The highest BCUT2D eigenvalue weighted by Crippen LogP contribution is 2.49. The maximum atomic E-state index is 12.7. The van der Waals surface area contributed by atoms with Gasteiger partial charge < -0.3 is 13.9 Å². The van der Waals surface area contributed by atoms with Gasteiger partial charge in [-0.3, -0.25) is 4.79 Å². The zero-order valence-corrected chi connectivity index (χ0v) is 15.3. The van der Waals surface area contributed by atoms with Crippen LogP contribution in [0, 0.1) is 17.8 Å². The number of fused-ring (bicyclic) bond motifs is 1. The fourth-order valence-electron chi connectivity index (χ4n) is 3.48. The molecule has 2 bridgehead atoms. The van der Waals surface area contributed by atoms with Crippen LogP contribution >= 0.6 is 0 Å². The molecule has 0 radical (unpaired) electrons. The number of ketones is 1. The molecule has 1 aliphatic heterocycles. The molecule has 0 N–H and O–H groups in total. The molecule has 0 aromatic rings. The molecule has 2 fully saturated rings. The Morgan fingerprint density at radius 1 is 1.27 bits per heavy atom. The number of Topliss-reactive ketones (excluding diaryl/α,β-unsaturated/α-hetero) is 1. The van der Waals surface area contributed by atoms with Crippen LogP contribution in [-0.4, -0.2) is 39.7 Å². The molecule has 4 rings (SSSR count). The van der Waals surface area contributed by atoms with Crippen molar-refractivity contribution in [1.29, 1.82) is 0 Å². The Morgan fingerprint density at radius 3 is 2.50 bits per heavy atom. The lowest BCUT2D eigenvalue weighted by Crippen LogP contribution is -2.57. The first-order chi connectivity index (χ1) is 10.2. The molecule has 5 heteroatoms. The second-order valence-corrected chi connectivity index (χ2v) is 13.1. The average molecular weight is 324 g/mol. The summed E-state index contributed by atoms with van der Waals surface area (Å²) in [4.78, 5) is 12.7. The Kier molecular flexibility index (Phi) is 3.92. The molecular weight excluding hydrogens is 296 g/mol. The highest BCUT2D eigenvalue weighted by molar-refractivity contribution is 6.74. The lowest BCUT2D eigenvalue weighted by Gasteiger charge is -2.48. The normalized spacial score (nSPS) is 33.9. The monoisotopic (exact) mass is 324 g/mol. The molecule has 0 aromatic heterocycles. The van der Waals surface area contributed by atoms with Gasteiger partial charge in [-0.05, 0) is 18.1 Å². The third-order valence-corrected chi connectivity index (χ3v) is 10.4. The number of allylic oxidation sites excluding steroid dienone is 1. The largest absolute Gasteiger partial charge is 0.416 e. The number of hydrogen-bond acceptors (Lipinski definition) is 4. The zero-order valence-electron chi connectivity index (χ0n) is 14.3. The highest BCUT2D eigenvalue weighted by atomic mass is 28.4. The van der Waals surface area contributed by atoms with Gasteiger partial charge in [-0.2, -0.15) is 0 Å². The number of hydrogen-bond donors (Lipinski definition) is 0. The molecule has 1 spiro atoms. The van der Waals surface area contributed by atoms with Gasteiger partial charge in [0, 0.05) is 24.9 Å². The fourth-order valence-corrected chi connectivity index (χ4v) is 4.51. The summed E-state index contributed by atoms with van der Waals surface area (Å²) in [6.07, 6.45) is 4.83. The molecule has 22 heavy (non-hydrogen) atoms. The van der Waals surface area contributed by atoms with Crippen molar-refractivity contribution in [3.05, 3.63) is 12.2 Å². The maximum Gasteiger partial charge on any atom is 0.192 e. The van der Waals surface area contributed by atoms with Crippen molar-refractivity contribution in [1.82, 2.24) is 0 Å². The van der Waals surface area contributed by atoms with E-state index in [1.165, 1.54) is 0 Å². The Balaban J connectivity index is 1.76. The van der Waals surface area contributed by atoms with Crippen LogP contribution in [0.1, 0.15) is 27.2 Å². The quantitative estimate of drug-likeness (QED) is 0.591. The van der Waals surface area contributed by atoms with Gasteiger partial charge in [-0.1, -0.05) is 32.9 Å².